The van der Waals surface area contributed by atoms with Crippen molar-refractivity contribution in [3.05, 3.63) is 64.7 Å². The summed E-state index contributed by atoms with van der Waals surface area (Å²) in [5.74, 6) is -0.470. The van der Waals surface area contributed by atoms with Crippen LogP contribution in [0.5, 0.6) is 0 Å². The summed E-state index contributed by atoms with van der Waals surface area (Å²) in [7, 11) is -2.62. The molecule has 2 aromatic carbocycles. The Morgan fingerprint density at radius 1 is 1.09 bits per heavy atom. The lowest BCUT2D eigenvalue weighted by atomic mass is 10.1. The molecule has 1 amide bonds. The average Bonchev–Trinajstić information content (AvgIpc) is 2.81. The number of benzene rings is 2. The summed E-state index contributed by atoms with van der Waals surface area (Å²) in [6.07, 6.45) is 0.762. The van der Waals surface area contributed by atoms with Gasteiger partial charge < -0.3 is 14.4 Å². The van der Waals surface area contributed by atoms with Crippen LogP contribution in [0, 0.1) is 0 Å². The van der Waals surface area contributed by atoms with E-state index < -0.39 is 33.7 Å². The first-order valence-corrected chi connectivity index (χ1v) is 13.1. The Hall–Kier alpha value is -2.62. The molecule has 0 N–H and O–H groups in total. The van der Waals surface area contributed by atoms with Crippen molar-refractivity contribution < 1.29 is 27.5 Å². The first-order chi connectivity index (χ1) is 16.4. The van der Waals surface area contributed by atoms with Gasteiger partial charge in [0.05, 0.1) is 17.6 Å². The highest BCUT2D eigenvalue weighted by Crippen LogP contribution is 2.28. The Kier molecular flexibility index (Phi) is 8.46. The lowest BCUT2D eigenvalue weighted by Crippen LogP contribution is -2.52. The van der Waals surface area contributed by atoms with Crippen molar-refractivity contribution in [1.29, 1.82) is 0 Å². The third-order valence-corrected chi connectivity index (χ3v) is 7.75. The molecule has 190 valence electrons. The van der Waals surface area contributed by atoms with Crippen molar-refractivity contribution in [1.82, 2.24) is 9.21 Å². The van der Waals surface area contributed by atoms with Gasteiger partial charge in [-0.25, -0.2) is 18.0 Å². The van der Waals surface area contributed by atoms with Crippen molar-refractivity contribution in [2.75, 3.05) is 20.2 Å². The van der Waals surface area contributed by atoms with Crippen LogP contribution in [0.25, 0.3) is 0 Å². The number of nitrogens with zero attached hydrogens (tertiary/aromatic N) is 2. The molecule has 0 bridgehead atoms. The number of hydrogen-bond donors (Lipinski definition) is 0. The van der Waals surface area contributed by atoms with Gasteiger partial charge in [-0.3, -0.25) is 0 Å². The highest BCUT2D eigenvalue weighted by Gasteiger charge is 2.36. The topological polar surface area (TPSA) is 93.2 Å². The van der Waals surface area contributed by atoms with E-state index in [1.807, 2.05) is 0 Å². The van der Waals surface area contributed by atoms with Crippen LogP contribution in [0.1, 0.15) is 49.5 Å². The number of rotatable bonds is 6. The average molecular weight is 523 g/mol. The minimum absolute atomic E-state index is 0.0687. The molecule has 3 rings (SSSR count). The zero-order valence-electron chi connectivity index (χ0n) is 20.4. The maximum Gasteiger partial charge on any atom is 0.410 e. The quantitative estimate of drug-likeness (QED) is 0.510. The standard InChI is InChI=1S/C25H31ClN2O6S/c1-25(2,3)34-24(30)27-15-5-6-21(17-27)28(35(31,32)22-13-11-20(26)12-14-22)16-18-7-9-19(10-8-18)23(29)33-4/h7-14,21H,5-6,15-17H2,1-4H3. The number of likely N-dealkylation sites (tertiary alicyclic amines) is 1. The summed E-state index contributed by atoms with van der Waals surface area (Å²) in [6.45, 7) is 6.15. The highest BCUT2D eigenvalue weighted by molar-refractivity contribution is 7.89. The molecule has 2 aromatic rings. The molecule has 1 heterocycles. The molecular formula is C25H31ClN2O6S. The van der Waals surface area contributed by atoms with Crippen LogP contribution in [0.15, 0.2) is 53.4 Å². The molecule has 1 aliphatic rings. The number of piperidine rings is 1. The fourth-order valence-electron chi connectivity index (χ4n) is 3.88. The Morgan fingerprint density at radius 2 is 1.71 bits per heavy atom. The van der Waals surface area contributed by atoms with Gasteiger partial charge in [-0.2, -0.15) is 4.31 Å². The van der Waals surface area contributed by atoms with Crippen LogP contribution < -0.4 is 0 Å². The number of hydrogen-bond acceptors (Lipinski definition) is 6. The van der Waals surface area contributed by atoms with Crippen molar-refractivity contribution in [2.45, 2.75) is 56.7 Å². The molecule has 1 aliphatic heterocycles. The smallest absolute Gasteiger partial charge is 0.410 e. The summed E-state index contributed by atoms with van der Waals surface area (Å²) >= 11 is 5.97. The predicted molar refractivity (Wildman–Crippen MR) is 133 cm³/mol. The number of carbonyl (C=O) groups excluding carboxylic acids is 2. The van der Waals surface area contributed by atoms with E-state index in [1.54, 1.807) is 49.9 Å². The van der Waals surface area contributed by atoms with Crippen molar-refractivity contribution in [2.24, 2.45) is 0 Å². The van der Waals surface area contributed by atoms with E-state index in [0.29, 0.717) is 35.5 Å². The Labute approximate surface area is 211 Å². The minimum Gasteiger partial charge on any atom is -0.465 e. The molecular weight excluding hydrogens is 492 g/mol. The Balaban J connectivity index is 1.92. The molecule has 1 unspecified atom stereocenters. The van der Waals surface area contributed by atoms with Crippen LogP contribution in [-0.2, 0) is 26.0 Å². The van der Waals surface area contributed by atoms with Gasteiger partial charge in [0.25, 0.3) is 0 Å². The lowest BCUT2D eigenvalue weighted by molar-refractivity contribution is 0.0152. The molecule has 0 aromatic heterocycles. The maximum atomic E-state index is 13.7. The molecule has 0 saturated carbocycles. The number of amides is 1. The second-order valence-electron chi connectivity index (χ2n) is 9.42. The van der Waals surface area contributed by atoms with Gasteiger partial charge >= 0.3 is 12.1 Å². The van der Waals surface area contributed by atoms with Crippen LogP contribution in [0.3, 0.4) is 0 Å². The van der Waals surface area contributed by atoms with Gasteiger partial charge in [0.15, 0.2) is 0 Å². The molecule has 1 fully saturated rings. The van der Waals surface area contributed by atoms with Gasteiger partial charge in [-0.1, -0.05) is 23.7 Å². The van der Waals surface area contributed by atoms with Gasteiger partial charge in [-0.05, 0) is 75.6 Å². The second-order valence-corrected chi connectivity index (χ2v) is 11.7. The fourth-order valence-corrected chi connectivity index (χ4v) is 5.64. The molecule has 0 spiro atoms. The predicted octanol–water partition coefficient (Wildman–Crippen LogP) is 4.72. The summed E-state index contributed by atoms with van der Waals surface area (Å²) in [4.78, 5) is 26.2. The van der Waals surface area contributed by atoms with E-state index in [-0.39, 0.29) is 18.0 Å². The molecule has 1 atom stereocenters. The number of halogens is 1. The molecule has 0 radical (unpaired) electrons. The SMILES string of the molecule is COC(=O)c1ccc(CN(C2CCCN(C(=O)OC(C)(C)C)C2)S(=O)(=O)c2ccc(Cl)cc2)cc1. The normalized spacial score (nSPS) is 16.7. The molecule has 35 heavy (non-hydrogen) atoms. The van der Waals surface area contributed by atoms with Gasteiger partial charge in [-0.15, -0.1) is 0 Å². The van der Waals surface area contributed by atoms with Crippen LogP contribution in [0.2, 0.25) is 5.02 Å². The monoisotopic (exact) mass is 522 g/mol. The van der Waals surface area contributed by atoms with Crippen molar-refractivity contribution >= 4 is 33.7 Å². The summed E-state index contributed by atoms with van der Waals surface area (Å²) in [5, 5.41) is 0.433. The highest BCUT2D eigenvalue weighted by atomic mass is 35.5. The van der Waals surface area contributed by atoms with E-state index in [1.165, 1.54) is 35.7 Å². The number of carbonyl (C=O) groups is 2. The largest absolute Gasteiger partial charge is 0.465 e. The Morgan fingerprint density at radius 3 is 2.29 bits per heavy atom. The van der Waals surface area contributed by atoms with Crippen molar-refractivity contribution in [3.8, 4) is 0 Å². The molecule has 0 aliphatic carbocycles. The fraction of sp³-hybridized carbons (Fsp3) is 0.440. The summed E-state index contributed by atoms with van der Waals surface area (Å²) in [6, 6.07) is 12.1. The van der Waals surface area contributed by atoms with E-state index in [0.717, 1.165) is 0 Å². The van der Waals surface area contributed by atoms with Gasteiger partial charge in [0, 0.05) is 30.7 Å². The van der Waals surface area contributed by atoms with Gasteiger partial charge in [0.2, 0.25) is 10.0 Å². The van der Waals surface area contributed by atoms with E-state index in [2.05, 4.69) is 0 Å². The van der Waals surface area contributed by atoms with Gasteiger partial charge in [0.1, 0.15) is 5.60 Å². The third kappa shape index (κ3) is 6.96. The number of sulfonamides is 1. The Bertz CT molecular complexity index is 1140. The van der Waals surface area contributed by atoms with E-state index in [4.69, 9.17) is 21.1 Å². The minimum atomic E-state index is -3.93. The maximum absolute atomic E-state index is 13.7. The zero-order chi connectivity index (χ0) is 25.8. The lowest BCUT2D eigenvalue weighted by Gasteiger charge is -2.39. The van der Waals surface area contributed by atoms with E-state index in [9.17, 15) is 18.0 Å². The van der Waals surface area contributed by atoms with E-state index >= 15 is 0 Å². The van der Waals surface area contributed by atoms with Crippen LogP contribution in [-0.4, -0.2) is 61.5 Å². The first kappa shape index (κ1) is 27.0. The van der Waals surface area contributed by atoms with Crippen LogP contribution in [0.4, 0.5) is 4.79 Å². The zero-order valence-corrected chi connectivity index (χ0v) is 21.9. The number of ether oxygens (including phenoxy) is 2. The van der Waals surface area contributed by atoms with Crippen LogP contribution >= 0.6 is 11.6 Å². The number of methoxy groups -OCH3 is 1. The summed E-state index contributed by atoms with van der Waals surface area (Å²) < 4.78 is 39.2. The molecule has 1 saturated heterocycles. The first-order valence-electron chi connectivity index (χ1n) is 11.3. The molecule has 10 heteroatoms. The second kappa shape index (κ2) is 11.0. The number of esters is 1. The third-order valence-electron chi connectivity index (χ3n) is 5.59. The molecule has 8 nitrogen and oxygen atoms in total. The summed E-state index contributed by atoms with van der Waals surface area (Å²) in [5.41, 5.74) is 0.419. The van der Waals surface area contributed by atoms with Crippen molar-refractivity contribution in [3.63, 3.8) is 0 Å².